The molecule has 0 atom stereocenters. The molecule has 0 bridgehead atoms. The minimum atomic E-state index is -1.44. The zero-order valence-corrected chi connectivity index (χ0v) is 22.0. The zero-order valence-electron chi connectivity index (χ0n) is 16.0. The first kappa shape index (κ1) is 52.7. The topological polar surface area (TPSA) is 362 Å². The summed E-state index contributed by atoms with van der Waals surface area (Å²) < 4.78 is 0. The van der Waals surface area contributed by atoms with E-state index in [1.807, 2.05) is 0 Å². The summed E-state index contributed by atoms with van der Waals surface area (Å²) in [4.78, 5) is 54.0. The van der Waals surface area contributed by atoms with Gasteiger partial charge in [0.25, 0.3) is 0 Å². The van der Waals surface area contributed by atoms with E-state index in [4.69, 9.17) is 90.0 Å². The minimum absolute atomic E-state index is 0. The molecule has 180 valence electrons. The Morgan fingerprint density at radius 3 is 0.406 bits per heavy atom. The third-order valence-electron chi connectivity index (χ3n) is 0.775. The fourth-order valence-corrected chi connectivity index (χ4v) is 0. The van der Waals surface area contributed by atoms with Crippen molar-refractivity contribution in [2.24, 2.45) is 0 Å². The first-order valence-electron chi connectivity index (χ1n) is 6.47. The molecule has 0 saturated carbocycles. The van der Waals surface area contributed by atoms with Crippen LogP contribution in [-0.2, 0) is 50.5 Å². The van der Waals surface area contributed by atoms with Crippen LogP contribution in [0.3, 0.4) is 0 Å². The van der Waals surface area contributed by atoms with Gasteiger partial charge in [0.2, 0.25) is 0 Å². The maximum absolute atomic E-state index is 9.01. The number of aliphatic carboxylic acids is 6. The van der Waals surface area contributed by atoms with E-state index >= 15 is 0 Å². The Morgan fingerprint density at radius 2 is 0.406 bits per heavy atom. The van der Waals surface area contributed by atoms with Gasteiger partial charge < -0.3 is 90.0 Å². The minimum Gasteiger partial charge on any atom is -0.548 e. The van der Waals surface area contributed by atoms with Crippen molar-refractivity contribution < 1.29 is 112 Å². The van der Waals surface area contributed by atoms with Gasteiger partial charge in [0.05, 0.1) is 75.5 Å². The van der Waals surface area contributed by atoms with Crippen LogP contribution in [0.2, 0.25) is 0 Å². The van der Waals surface area contributed by atoms with Gasteiger partial charge in [-0.05, 0) is 0 Å². The van der Waals surface area contributed by atoms with Gasteiger partial charge in [-0.15, -0.1) is 0 Å². The van der Waals surface area contributed by atoms with Crippen LogP contribution in [0.4, 0.5) is 0 Å². The fourth-order valence-electron chi connectivity index (χ4n) is 0. The molecule has 0 rings (SSSR count). The van der Waals surface area contributed by atoms with Gasteiger partial charge in [0, 0.05) is 0 Å². The second kappa shape index (κ2) is 47.6. The van der Waals surface area contributed by atoms with Gasteiger partial charge in [-0.2, -0.15) is 0 Å². The van der Waals surface area contributed by atoms with E-state index in [-0.39, 0.29) is 70.6 Å². The normalized spacial score (nSPS) is 6.94. The first-order chi connectivity index (χ1) is 13.6. The van der Waals surface area contributed by atoms with Crippen LogP contribution in [0, 0.1) is 0 Å². The average molecular weight is 635 g/mol. The summed E-state index contributed by atoms with van der Waals surface area (Å²) in [5.74, 6) is -8.64. The van der Waals surface area contributed by atoms with Crippen LogP contribution in [0.1, 0.15) is 0 Å². The summed E-state index contributed by atoms with van der Waals surface area (Å²) in [5.41, 5.74) is 0. The van der Waals surface area contributed by atoms with Gasteiger partial charge in [-0.25, -0.2) is 0 Å². The Hall–Kier alpha value is -1.13. The van der Waals surface area contributed by atoms with Crippen molar-refractivity contribution in [2.75, 3.05) is 39.6 Å². The molecular weight excluding hydrogens is 617 g/mol. The van der Waals surface area contributed by atoms with Gasteiger partial charge in [0.1, 0.15) is 0 Å². The third kappa shape index (κ3) is 190. The molecule has 0 aliphatic rings. The van der Waals surface area contributed by atoms with Crippen LogP contribution in [0.5, 0.6) is 0 Å². The summed E-state index contributed by atoms with van der Waals surface area (Å²) in [6.07, 6.45) is 0. The van der Waals surface area contributed by atoms with Crippen molar-refractivity contribution in [3.8, 4) is 0 Å². The number of carbonyl (C=O) groups is 6. The predicted octanol–water partition coefficient (Wildman–Crippen LogP) is -14.0. The summed E-state index contributed by atoms with van der Waals surface area (Å²) >= 11 is 0. The van der Waals surface area contributed by atoms with E-state index in [0.29, 0.717) is 0 Å². The summed E-state index contributed by atoms with van der Waals surface area (Å²) in [6, 6.07) is 0. The van der Waals surface area contributed by atoms with Gasteiger partial charge >= 0.3 is 70.6 Å². The van der Waals surface area contributed by atoms with Crippen molar-refractivity contribution in [3.05, 3.63) is 0 Å². The van der Waals surface area contributed by atoms with Crippen molar-refractivity contribution in [1.29, 1.82) is 0 Å². The molecule has 0 amide bonds. The Bertz CT molecular complexity index is 362. The molecule has 0 saturated heterocycles. The third-order valence-corrected chi connectivity index (χ3v) is 0.775. The molecule has 0 aromatic carbocycles. The maximum Gasteiger partial charge on any atom is 4.00 e. The monoisotopic (exact) mass is 636 g/mol. The smallest absolute Gasteiger partial charge is 0.548 e. The predicted molar refractivity (Wildman–Crippen MR) is 78.3 cm³/mol. The maximum atomic E-state index is 9.01. The Kier molecular flexibility index (Phi) is 78.3. The molecule has 0 heterocycles. The first-order valence-corrected chi connectivity index (χ1v) is 6.47. The van der Waals surface area contributed by atoms with E-state index in [9.17, 15) is 0 Å². The van der Waals surface area contributed by atoms with Crippen molar-refractivity contribution in [1.82, 2.24) is 0 Å². The molecule has 0 spiro atoms. The summed E-state index contributed by atoms with van der Waals surface area (Å²) in [7, 11) is 0. The van der Waals surface area contributed by atoms with Crippen LogP contribution in [0.15, 0.2) is 0 Å². The van der Waals surface area contributed by atoms with Crippen LogP contribution in [-0.4, -0.2) is 155 Å². The number of aliphatic hydroxyl groups is 6. The Balaban J connectivity index is -0.0000000356. The van der Waals surface area contributed by atoms with Gasteiger partial charge in [-0.3, -0.25) is 0 Å². The van der Waals surface area contributed by atoms with E-state index in [0.717, 1.165) is 0 Å². The zero-order chi connectivity index (χ0) is 25.7. The van der Waals surface area contributed by atoms with Crippen LogP contribution >= 0.6 is 0 Å². The Morgan fingerprint density at radius 1 is 0.375 bits per heavy atom. The van der Waals surface area contributed by atoms with E-state index in [1.165, 1.54) is 0 Å². The molecule has 0 radical (unpaired) electrons. The quantitative estimate of drug-likeness (QED) is 0.147. The molecule has 0 unspecified atom stereocenters. The molecule has 0 aromatic rings. The molecule has 32 heavy (non-hydrogen) atoms. The largest absolute Gasteiger partial charge is 4.00 e. The molecule has 6 N–H and O–H groups in total. The van der Waals surface area contributed by atoms with Crippen molar-refractivity contribution >= 4 is 84.7 Å². The number of carboxylic acid groups (broad SMARTS) is 6. The molecular formula is C12H18BaO18Ti. The number of carboxylic acids is 6. The SMILES string of the molecule is O=C([O-])CO.O=C([O-])CO.O=C([O-])CO.O=C([O-])CO.O=C([O-])CO.O=C([O-])CO.[Ba+2].[Ti+4]. The van der Waals surface area contributed by atoms with Crippen molar-refractivity contribution in [2.45, 2.75) is 0 Å². The van der Waals surface area contributed by atoms with E-state index in [2.05, 4.69) is 0 Å². The molecule has 18 nitrogen and oxygen atoms in total. The second-order valence-corrected chi connectivity index (χ2v) is 3.18. The van der Waals surface area contributed by atoms with Crippen LogP contribution < -0.4 is 30.6 Å². The molecule has 0 aliphatic heterocycles. The molecule has 0 aliphatic carbocycles. The van der Waals surface area contributed by atoms with E-state index in [1.54, 1.807) is 0 Å². The average Bonchev–Trinajstić information content (AvgIpc) is 2.69. The summed E-state index contributed by atoms with van der Waals surface area (Å²) in [5, 5.41) is 98.9. The van der Waals surface area contributed by atoms with Crippen molar-refractivity contribution in [3.63, 3.8) is 0 Å². The van der Waals surface area contributed by atoms with Gasteiger partial charge in [-0.1, -0.05) is 0 Å². The fraction of sp³-hybridized carbons (Fsp3) is 0.500. The van der Waals surface area contributed by atoms with Crippen LogP contribution in [0.25, 0.3) is 0 Å². The Labute approximate surface area is 234 Å². The number of hydrogen-bond acceptors (Lipinski definition) is 18. The molecule has 0 aromatic heterocycles. The standard InChI is InChI=1S/6C2H4O3.Ba.Ti/c6*3-1-2(4)5;;/h6*3H,1H2,(H,4,5);;/q;;;;;;+2;+4/p-6. The number of rotatable bonds is 6. The molecule has 0 fully saturated rings. The van der Waals surface area contributed by atoms with E-state index < -0.39 is 75.5 Å². The number of aliphatic hydroxyl groups excluding tert-OH is 6. The summed E-state index contributed by atoms with van der Waals surface area (Å²) in [6.45, 7) is -5.33. The molecule has 20 heteroatoms. The second-order valence-electron chi connectivity index (χ2n) is 3.18. The number of carbonyl (C=O) groups excluding carboxylic acids is 6. The number of hydrogen-bond donors (Lipinski definition) is 6. The van der Waals surface area contributed by atoms with Gasteiger partial charge in [0.15, 0.2) is 0 Å².